The van der Waals surface area contributed by atoms with Crippen LogP contribution in [0, 0.1) is 23.7 Å². The van der Waals surface area contributed by atoms with Gasteiger partial charge in [0.05, 0.1) is 36.4 Å². The molecule has 31 heavy (non-hydrogen) atoms. The largest absolute Gasteiger partial charge is 0.481 e. The number of hydrogen-bond donors (Lipinski definition) is 2. The average molecular weight is 426 g/mol. The molecule has 9 nitrogen and oxygen atoms in total. The van der Waals surface area contributed by atoms with E-state index in [0.717, 1.165) is 42.8 Å². The van der Waals surface area contributed by atoms with E-state index >= 15 is 0 Å². The summed E-state index contributed by atoms with van der Waals surface area (Å²) in [4.78, 5) is 27.6. The average Bonchev–Trinajstić information content (AvgIpc) is 3.47. The Morgan fingerprint density at radius 3 is 2.42 bits per heavy atom. The van der Waals surface area contributed by atoms with Crippen molar-refractivity contribution in [2.24, 2.45) is 23.7 Å². The predicted octanol–water partition coefficient (Wildman–Crippen LogP) is 2.69. The molecule has 3 fully saturated rings. The number of carboxylic acid groups (broad SMARTS) is 1. The van der Waals surface area contributed by atoms with Crippen LogP contribution < -0.4 is 10.2 Å². The molecule has 2 bridgehead atoms. The number of aliphatic carboxylic acids is 1. The molecule has 2 saturated carbocycles. The van der Waals surface area contributed by atoms with Gasteiger partial charge in [-0.05, 0) is 61.0 Å². The van der Waals surface area contributed by atoms with Crippen LogP contribution in [0.3, 0.4) is 0 Å². The van der Waals surface area contributed by atoms with Crippen molar-refractivity contribution in [1.29, 1.82) is 0 Å². The lowest BCUT2D eigenvalue weighted by Crippen LogP contribution is -2.38. The first kappa shape index (κ1) is 20.0. The van der Waals surface area contributed by atoms with Crippen LogP contribution in [0.25, 0.3) is 11.0 Å². The summed E-state index contributed by atoms with van der Waals surface area (Å²) in [6, 6.07) is 3.69. The molecule has 2 aliphatic carbocycles. The number of carbonyl (C=O) groups excluding carboxylic acids is 1. The molecule has 4 atom stereocenters. The number of anilines is 2. The van der Waals surface area contributed by atoms with Crippen molar-refractivity contribution in [2.45, 2.75) is 26.7 Å². The molecule has 2 heterocycles. The smallest absolute Gasteiger partial charge is 0.307 e. The Balaban J connectivity index is 1.45. The molecule has 1 aromatic carbocycles. The maximum absolute atomic E-state index is 13.3. The predicted molar refractivity (Wildman–Crippen MR) is 113 cm³/mol. The number of amides is 1. The van der Waals surface area contributed by atoms with Gasteiger partial charge in [0, 0.05) is 13.1 Å². The minimum Gasteiger partial charge on any atom is -0.481 e. The zero-order chi connectivity index (χ0) is 21.7. The number of ether oxygens (including phenoxy) is 1. The SMILES string of the molecule is CC(C)=C1[C@H]2CC[C@@H]1[C@@H](C(=O)O)[C@@H]2C(=O)Nc1ccc(N2CCOCC2)c2nonc12. The normalized spacial score (nSPS) is 27.7. The standard InChI is InChI=1S/C22H26N4O5/c1-11(2)16-12-3-4-13(16)18(22(28)29)17(12)21(27)23-14-5-6-15(20-19(14)24-31-25-20)26-7-9-30-10-8-26/h5-6,12-13,17-18H,3-4,7-10H2,1-2H3,(H,23,27)(H,28,29)/t12-,13+,17-,18-/m1/s1. The monoisotopic (exact) mass is 426 g/mol. The summed E-state index contributed by atoms with van der Waals surface area (Å²) < 4.78 is 10.4. The van der Waals surface area contributed by atoms with E-state index in [1.807, 2.05) is 19.9 Å². The number of allylic oxidation sites excluding steroid dienone is 2. The Bertz CT molecular complexity index is 1070. The van der Waals surface area contributed by atoms with E-state index in [1.165, 1.54) is 0 Å². The van der Waals surface area contributed by atoms with Gasteiger partial charge in [-0.25, -0.2) is 4.63 Å². The van der Waals surface area contributed by atoms with Crippen molar-refractivity contribution in [3.8, 4) is 0 Å². The first-order chi connectivity index (χ1) is 15.0. The molecule has 1 amide bonds. The molecule has 0 unspecified atom stereocenters. The second-order valence-electron chi connectivity index (χ2n) is 8.82. The van der Waals surface area contributed by atoms with Crippen molar-refractivity contribution < 1.29 is 24.1 Å². The van der Waals surface area contributed by atoms with Gasteiger partial charge in [-0.1, -0.05) is 11.1 Å². The fraction of sp³-hybridized carbons (Fsp3) is 0.545. The van der Waals surface area contributed by atoms with E-state index in [2.05, 4.69) is 20.5 Å². The van der Waals surface area contributed by atoms with E-state index in [1.54, 1.807) is 6.07 Å². The summed E-state index contributed by atoms with van der Waals surface area (Å²) in [6.07, 6.45) is 1.68. The fourth-order valence-electron chi connectivity index (χ4n) is 5.83. The number of carboxylic acids is 1. The van der Waals surface area contributed by atoms with Crippen molar-refractivity contribution in [2.75, 3.05) is 36.5 Å². The lowest BCUT2D eigenvalue weighted by Gasteiger charge is -2.29. The molecule has 1 aromatic heterocycles. The van der Waals surface area contributed by atoms with E-state index in [0.29, 0.717) is 29.9 Å². The highest BCUT2D eigenvalue weighted by Gasteiger charge is 2.57. The molecule has 1 aliphatic heterocycles. The first-order valence-electron chi connectivity index (χ1n) is 10.8. The van der Waals surface area contributed by atoms with Crippen LogP contribution in [0.15, 0.2) is 27.9 Å². The number of aromatic nitrogens is 2. The Morgan fingerprint density at radius 1 is 1.06 bits per heavy atom. The Labute approximate surface area is 179 Å². The van der Waals surface area contributed by atoms with Crippen molar-refractivity contribution in [3.63, 3.8) is 0 Å². The zero-order valence-electron chi connectivity index (χ0n) is 17.6. The highest BCUT2D eigenvalue weighted by atomic mass is 16.6. The minimum absolute atomic E-state index is 0.0188. The van der Waals surface area contributed by atoms with E-state index in [-0.39, 0.29) is 17.7 Å². The highest BCUT2D eigenvalue weighted by Crippen LogP contribution is 2.57. The highest BCUT2D eigenvalue weighted by molar-refractivity contribution is 6.04. The van der Waals surface area contributed by atoms with Gasteiger partial charge in [-0.3, -0.25) is 9.59 Å². The van der Waals surface area contributed by atoms with Gasteiger partial charge in [0.1, 0.15) is 0 Å². The molecular formula is C22H26N4O5. The van der Waals surface area contributed by atoms with Gasteiger partial charge in [-0.15, -0.1) is 0 Å². The number of morpholine rings is 1. The van der Waals surface area contributed by atoms with Gasteiger partial charge < -0.3 is 20.1 Å². The third kappa shape index (κ3) is 3.18. The number of hydrogen-bond acceptors (Lipinski definition) is 7. The molecular weight excluding hydrogens is 400 g/mol. The van der Waals surface area contributed by atoms with Crippen molar-refractivity contribution >= 4 is 34.3 Å². The van der Waals surface area contributed by atoms with E-state index in [4.69, 9.17) is 9.37 Å². The molecule has 2 N–H and O–H groups in total. The van der Waals surface area contributed by atoms with Crippen molar-refractivity contribution in [1.82, 2.24) is 10.3 Å². The second kappa shape index (κ2) is 7.64. The fourth-order valence-corrected chi connectivity index (χ4v) is 5.83. The molecule has 2 aromatic rings. The van der Waals surface area contributed by atoms with Crippen LogP contribution in [-0.4, -0.2) is 53.6 Å². The first-order valence-corrected chi connectivity index (χ1v) is 10.8. The number of fused-ring (bicyclic) bond motifs is 3. The number of carbonyl (C=O) groups is 2. The topological polar surface area (TPSA) is 118 Å². The van der Waals surface area contributed by atoms with Crippen LogP contribution in [0.2, 0.25) is 0 Å². The Kier molecular flexibility index (Phi) is 4.92. The van der Waals surface area contributed by atoms with Gasteiger partial charge >= 0.3 is 5.97 Å². The molecule has 164 valence electrons. The van der Waals surface area contributed by atoms with Crippen LogP contribution in [0.5, 0.6) is 0 Å². The summed E-state index contributed by atoms with van der Waals surface area (Å²) in [5, 5.41) is 20.9. The maximum Gasteiger partial charge on any atom is 0.307 e. The van der Waals surface area contributed by atoms with Crippen LogP contribution in [0.1, 0.15) is 26.7 Å². The number of benzene rings is 1. The maximum atomic E-state index is 13.3. The van der Waals surface area contributed by atoms with E-state index in [9.17, 15) is 14.7 Å². The van der Waals surface area contributed by atoms with Gasteiger partial charge in [-0.2, -0.15) is 0 Å². The second-order valence-corrected chi connectivity index (χ2v) is 8.82. The molecule has 3 aliphatic rings. The summed E-state index contributed by atoms with van der Waals surface area (Å²) in [5.41, 5.74) is 4.70. The lowest BCUT2D eigenvalue weighted by molar-refractivity contribution is -0.148. The van der Waals surface area contributed by atoms with Crippen molar-refractivity contribution in [3.05, 3.63) is 23.3 Å². The Morgan fingerprint density at radius 2 is 1.74 bits per heavy atom. The third-order valence-corrected chi connectivity index (χ3v) is 7.01. The Hall–Kier alpha value is -2.94. The molecule has 1 saturated heterocycles. The minimum atomic E-state index is -0.901. The third-order valence-electron chi connectivity index (χ3n) is 7.01. The lowest BCUT2D eigenvalue weighted by atomic mass is 9.78. The zero-order valence-corrected chi connectivity index (χ0v) is 17.6. The van der Waals surface area contributed by atoms with Crippen LogP contribution >= 0.6 is 0 Å². The summed E-state index contributed by atoms with van der Waals surface area (Å²) in [7, 11) is 0. The van der Waals surface area contributed by atoms with Crippen LogP contribution in [-0.2, 0) is 14.3 Å². The molecule has 0 radical (unpaired) electrons. The van der Waals surface area contributed by atoms with Gasteiger partial charge in [0.2, 0.25) is 5.91 Å². The van der Waals surface area contributed by atoms with Crippen LogP contribution in [0.4, 0.5) is 11.4 Å². The van der Waals surface area contributed by atoms with Gasteiger partial charge in [0.15, 0.2) is 11.0 Å². The number of nitrogens with zero attached hydrogens (tertiary/aromatic N) is 3. The molecule has 0 spiro atoms. The molecule has 9 heteroatoms. The quantitative estimate of drug-likeness (QED) is 0.717. The van der Waals surface area contributed by atoms with Gasteiger partial charge in [0.25, 0.3) is 0 Å². The number of nitrogens with one attached hydrogen (secondary N) is 1. The summed E-state index contributed by atoms with van der Waals surface area (Å²) >= 11 is 0. The molecule has 5 rings (SSSR count). The number of rotatable bonds is 4. The summed E-state index contributed by atoms with van der Waals surface area (Å²) in [5.74, 6) is -2.53. The summed E-state index contributed by atoms with van der Waals surface area (Å²) in [6.45, 7) is 6.77. The van der Waals surface area contributed by atoms with E-state index < -0.39 is 17.8 Å².